The molecule has 8 bridgehead atoms. The van der Waals surface area contributed by atoms with Crippen LogP contribution in [0.4, 0.5) is 9.59 Å². The first-order chi connectivity index (χ1) is 30.2. The van der Waals surface area contributed by atoms with E-state index in [1.165, 1.54) is 29.5 Å². The van der Waals surface area contributed by atoms with Crippen LogP contribution in [0.25, 0.3) is 0 Å². The van der Waals surface area contributed by atoms with Crippen LogP contribution in [0.2, 0.25) is 13.6 Å². The second-order valence-electron chi connectivity index (χ2n) is 19.6. The molecule has 1 N–H and O–H groups in total. The van der Waals surface area contributed by atoms with Gasteiger partial charge in [-0.15, -0.1) is 0 Å². The Balaban J connectivity index is 0.000000136. The molecule has 63 heavy (non-hydrogen) atoms. The maximum Gasteiger partial charge on any atom is 0.229 e. The zero-order valence-electron chi connectivity index (χ0n) is 38.4. The number of ether oxygens (including phenoxy) is 6. The number of hydrogen-bond donors (Lipinski definition) is 1. The molecule has 15 heteroatoms. The van der Waals surface area contributed by atoms with Crippen molar-refractivity contribution in [1.29, 1.82) is 0 Å². The number of rotatable bonds is 8. The molecule has 4 heterocycles. The van der Waals surface area contributed by atoms with Crippen molar-refractivity contribution in [2.75, 3.05) is 69.7 Å². The number of piperidine rings is 2. The van der Waals surface area contributed by atoms with Gasteiger partial charge in [0.2, 0.25) is 14.6 Å². The summed E-state index contributed by atoms with van der Waals surface area (Å²) in [6.07, 6.45) is 15.4. The second-order valence-corrected chi connectivity index (χ2v) is 19.9. The Morgan fingerprint density at radius 1 is 0.762 bits per heavy atom. The summed E-state index contributed by atoms with van der Waals surface area (Å²) >= 11 is 4.77. The Bertz CT molecular complexity index is 2320. The first-order valence-electron chi connectivity index (χ1n) is 22.6. The number of fused-ring (bicyclic) bond motifs is 2. The van der Waals surface area contributed by atoms with E-state index in [1.807, 2.05) is 25.1 Å². The van der Waals surface area contributed by atoms with Crippen molar-refractivity contribution >= 4 is 37.1 Å². The van der Waals surface area contributed by atoms with Crippen LogP contribution in [0.5, 0.6) is 23.0 Å². The summed E-state index contributed by atoms with van der Waals surface area (Å²) in [5, 5.41) is 3.17. The van der Waals surface area contributed by atoms with Gasteiger partial charge in [0.05, 0.1) is 31.1 Å². The maximum absolute atomic E-state index is 12.8. The Labute approximate surface area is 378 Å². The number of benzene rings is 2. The van der Waals surface area contributed by atoms with Crippen molar-refractivity contribution in [3.8, 4) is 23.0 Å². The van der Waals surface area contributed by atoms with Crippen molar-refractivity contribution in [3.63, 3.8) is 0 Å². The summed E-state index contributed by atoms with van der Waals surface area (Å²) in [6.45, 7) is 5.52. The first kappa shape index (κ1) is 43.4. The van der Waals surface area contributed by atoms with Crippen molar-refractivity contribution in [1.82, 2.24) is 20.0 Å². The molecule has 12 atom stereocenters. The van der Waals surface area contributed by atoms with Crippen molar-refractivity contribution in [2.45, 2.75) is 111 Å². The second kappa shape index (κ2) is 14.7. The smallest absolute Gasteiger partial charge is 0.229 e. The predicted octanol–water partition coefficient (Wildman–Crippen LogP) is 5.46. The number of amides is 1. The molecule has 4 fully saturated rings. The van der Waals surface area contributed by atoms with Crippen LogP contribution in [-0.2, 0) is 33.1 Å². The van der Waals surface area contributed by atoms with Crippen LogP contribution in [0.15, 0.2) is 48.6 Å². The maximum atomic E-state index is 12.8. The number of hydrogen-bond acceptors (Lipinski definition) is 11. The molecule has 2 saturated heterocycles. The van der Waals surface area contributed by atoms with Gasteiger partial charge < -0.3 is 48.4 Å². The van der Waals surface area contributed by atoms with E-state index in [0.29, 0.717) is 12.1 Å². The lowest BCUT2D eigenvalue weighted by molar-refractivity contribution is -0.211. The van der Waals surface area contributed by atoms with Gasteiger partial charge in [-0.3, -0.25) is 9.59 Å². The van der Waals surface area contributed by atoms with Crippen LogP contribution < -0.4 is 24.3 Å². The normalized spacial score (nSPS) is 40.2. The van der Waals surface area contributed by atoms with Crippen molar-refractivity contribution < 1.29 is 38.0 Å². The van der Waals surface area contributed by atoms with Gasteiger partial charge >= 0.3 is 0 Å². The number of carbonyl (C=O) groups excluding carboxylic acids is 2. The van der Waals surface area contributed by atoms with Crippen molar-refractivity contribution in [3.05, 3.63) is 70.8 Å². The lowest BCUT2D eigenvalue weighted by Gasteiger charge is -2.71. The number of nitrogens with one attached hydrogen (secondary N) is 1. The molecule has 12 nitrogen and oxygen atoms in total. The molecule has 2 saturated carbocycles. The number of halogens is 1. The largest absolute Gasteiger partial charge is 0.493 e. The minimum atomic E-state index is -0.700. The summed E-state index contributed by atoms with van der Waals surface area (Å²) in [5.41, 5.74) is 4.18. The highest BCUT2D eigenvalue weighted by atomic mass is 35.5. The lowest BCUT2D eigenvalue weighted by Crippen LogP contribution is -2.81. The summed E-state index contributed by atoms with van der Waals surface area (Å²) in [4.78, 5) is 29.3. The topological polar surface area (TPSA) is 111 Å². The average molecular weight is 879 g/mol. The lowest BCUT2D eigenvalue weighted by atomic mass is 9.38. The Hall–Kier alpha value is -3.52. The third-order valence-corrected chi connectivity index (χ3v) is 18.4. The third kappa shape index (κ3) is 5.04. The molecule has 334 valence electrons. The molecule has 1 amide bonds. The number of carbonyl (C=O) groups is 2. The van der Waals surface area contributed by atoms with Gasteiger partial charge in [0.15, 0.2) is 33.9 Å². The molecular formula is C48H61B2ClN4O8. The standard InChI is InChI=1S/C24H30BN2O4.C22H28N2O3.C2H3BClO/c1-25-21(28)27(3)17-13-22-8-9-24(17,30-5)20-23(22)10-11-26(2)16(22)12-14-6-7-15(29-4)19(31-20)18(14)23;1-23-15-12-20-7-8-22(15,26-4)19-21(20)9-10-24(2)16(20)11-13-5-6-14(25-3)18(27-19)17(13)21;1-3-2(4)5/h6-9,16-17,20H,10-13H2,1-5H3;5-8,15-16,19,23H,9-12H2,1-4H3;1H3/t16-,17?,20?,22-,23+,24?;15?,16-,19?,20-,21+,22?;/m11./s1. The quantitative estimate of drug-likeness (QED) is 0.208. The Morgan fingerprint density at radius 3 is 1.68 bits per heavy atom. The van der Waals surface area contributed by atoms with Crippen LogP contribution in [0.3, 0.4) is 0 Å². The van der Waals surface area contributed by atoms with E-state index < -0.39 is 16.3 Å². The average Bonchev–Trinajstić information content (AvgIpc) is 3.87. The van der Waals surface area contributed by atoms with Gasteiger partial charge in [-0.25, -0.2) is 0 Å². The zero-order valence-corrected chi connectivity index (χ0v) is 39.1. The van der Waals surface area contributed by atoms with Crippen molar-refractivity contribution in [2.24, 2.45) is 10.8 Å². The van der Waals surface area contributed by atoms with Gasteiger partial charge in [0.1, 0.15) is 23.4 Å². The van der Waals surface area contributed by atoms with Gasteiger partial charge in [0.25, 0.3) is 0 Å². The Morgan fingerprint density at radius 2 is 1.24 bits per heavy atom. The predicted molar refractivity (Wildman–Crippen MR) is 244 cm³/mol. The molecule has 2 radical (unpaired) electrons. The molecule has 2 aromatic rings. The summed E-state index contributed by atoms with van der Waals surface area (Å²) in [5.74, 6) is 3.53. The van der Waals surface area contributed by atoms with Gasteiger partial charge in [-0.05, 0) is 96.0 Å². The van der Waals surface area contributed by atoms with E-state index in [1.54, 1.807) is 42.3 Å². The van der Waals surface area contributed by atoms with Crippen LogP contribution >= 0.6 is 11.6 Å². The molecule has 6 unspecified atom stereocenters. The fourth-order valence-electron chi connectivity index (χ4n) is 15.5. The number of likely N-dealkylation sites (N-methyl/N-ethyl adjacent to an activating group) is 4. The third-order valence-electron chi connectivity index (χ3n) is 18.2. The SMILES string of the molecule is CNC1C[C@@]23C=CC1(OC)C1Oc4c(OC)ccc5c4[C@@]12CCN(C)[C@@H]3C5.C[B]C(=O)Cl.C[B]C(=O)N(C)C1C[C@@]23C=CC1(OC)C1Oc4c(OC)ccc5c4[C@@]12CCN(C)[C@@H]3C5. The highest BCUT2D eigenvalue weighted by molar-refractivity contribution is 6.98. The van der Waals surface area contributed by atoms with Crippen LogP contribution in [0, 0.1) is 10.8 Å². The monoisotopic (exact) mass is 878 g/mol. The number of nitrogens with zero attached hydrogens (tertiary/aromatic N) is 3. The van der Waals surface area contributed by atoms with E-state index in [4.69, 9.17) is 40.0 Å². The molecule has 14 rings (SSSR count). The fourth-order valence-corrected chi connectivity index (χ4v) is 15.5. The van der Waals surface area contributed by atoms with Gasteiger partial charge in [-0.2, -0.15) is 0 Å². The molecular weight excluding hydrogens is 818 g/mol. The molecule has 4 spiro atoms. The van der Waals surface area contributed by atoms with Crippen LogP contribution in [0.1, 0.15) is 47.9 Å². The summed E-state index contributed by atoms with van der Waals surface area (Å²) < 4.78 is 37.8. The molecule has 2 aromatic carbocycles. The van der Waals surface area contributed by atoms with Gasteiger partial charge in [-0.1, -0.05) is 61.7 Å². The fraction of sp³-hybridized carbons (Fsp3) is 0.625. The zero-order chi connectivity index (χ0) is 44.6. The molecule has 0 aromatic heterocycles. The number of likely N-dealkylation sites (tertiary alicyclic amines) is 2. The van der Waals surface area contributed by atoms with E-state index in [2.05, 4.69) is 78.8 Å². The van der Waals surface area contributed by atoms with E-state index >= 15 is 0 Å². The minimum Gasteiger partial charge on any atom is -0.493 e. The van der Waals surface area contributed by atoms with Crippen LogP contribution in [-0.4, -0.2) is 158 Å². The summed E-state index contributed by atoms with van der Waals surface area (Å²) in [6, 6.07) is 9.62. The van der Waals surface area contributed by atoms with E-state index in [0.717, 1.165) is 74.6 Å². The highest BCUT2D eigenvalue weighted by Crippen LogP contribution is 2.75. The van der Waals surface area contributed by atoms with Gasteiger partial charge in [0, 0.05) is 61.3 Å². The van der Waals surface area contributed by atoms with E-state index in [-0.39, 0.29) is 51.8 Å². The highest BCUT2D eigenvalue weighted by Gasteiger charge is 2.81. The van der Waals surface area contributed by atoms with E-state index in [9.17, 15) is 9.59 Å². The molecule has 8 aliphatic carbocycles. The molecule has 4 aliphatic heterocycles. The minimum absolute atomic E-state index is 0.0206. The first-order valence-corrected chi connectivity index (χ1v) is 23.0. The molecule has 12 aliphatic rings. The summed E-state index contributed by atoms with van der Waals surface area (Å²) in [7, 11) is 18.5. The Kier molecular flexibility index (Phi) is 10.2. The number of methoxy groups -OCH3 is 4.